The van der Waals surface area contributed by atoms with Crippen LogP contribution in [0.4, 0.5) is 0 Å². The fourth-order valence-corrected chi connectivity index (χ4v) is 2.19. The third-order valence-electron chi connectivity index (χ3n) is 3.54. The summed E-state index contributed by atoms with van der Waals surface area (Å²) in [7, 11) is 6.01. The number of aliphatic hydroxyl groups is 1. The molecule has 2 aromatic rings. The monoisotopic (exact) mass is 426 g/mol. The molecule has 0 amide bonds. The van der Waals surface area contributed by atoms with Gasteiger partial charge in [-0.05, 0) is 49.5 Å². The predicted octanol–water partition coefficient (Wildman–Crippen LogP) is 2.24. The maximum absolute atomic E-state index is 9.87. The standard InChI is InChI=1S/C11H17NO3.C10H12O3.CH5N/c1-12-7-11(13)9-4-3-5-10(6-9)15-8-14-2;1-11-7-13-9-4-2-3-8(5-9)10-6-12-10;1-2/h3-6,11-13H,7-8H2,1-2H3;2-5,10H,6-7H2,1H3;2H2,1H3/i7D2;6D2;. The number of nitrogens with one attached hydrogen (secondary N) is 1. The van der Waals surface area contributed by atoms with Crippen molar-refractivity contribution in [2.75, 3.05) is 55.0 Å². The zero-order valence-corrected chi connectivity index (χ0v) is 17.8. The maximum atomic E-state index is 9.87. The Bertz CT molecular complexity index is 860. The molecule has 2 aromatic carbocycles. The molecule has 0 aromatic heterocycles. The van der Waals surface area contributed by atoms with Gasteiger partial charge in [0, 0.05) is 23.5 Å². The van der Waals surface area contributed by atoms with E-state index in [1.165, 1.54) is 21.2 Å². The Balaban J connectivity index is 0.000000318. The van der Waals surface area contributed by atoms with E-state index in [0.717, 1.165) is 5.56 Å². The average molecular weight is 427 g/mol. The molecule has 8 nitrogen and oxygen atoms in total. The van der Waals surface area contributed by atoms with Crippen molar-refractivity contribution in [3.63, 3.8) is 0 Å². The van der Waals surface area contributed by atoms with E-state index in [-0.39, 0.29) is 13.6 Å². The van der Waals surface area contributed by atoms with Gasteiger partial charge >= 0.3 is 0 Å². The molecule has 1 aliphatic rings. The second-order valence-corrected chi connectivity index (χ2v) is 5.66. The summed E-state index contributed by atoms with van der Waals surface area (Å²) in [6, 6.07) is 13.8. The number of aliphatic hydroxyl groups excluding tert-OH is 1. The lowest BCUT2D eigenvalue weighted by Gasteiger charge is -2.12. The van der Waals surface area contributed by atoms with Gasteiger partial charge in [-0.1, -0.05) is 24.3 Å². The number of hydrogen-bond donors (Lipinski definition) is 3. The normalized spacial score (nSPS) is 19.2. The van der Waals surface area contributed by atoms with E-state index in [1.54, 1.807) is 49.6 Å². The molecule has 1 aliphatic heterocycles. The lowest BCUT2D eigenvalue weighted by molar-refractivity contribution is 0.0507. The van der Waals surface area contributed by atoms with Crippen molar-refractivity contribution in [3.8, 4) is 11.5 Å². The minimum absolute atomic E-state index is 0.110. The van der Waals surface area contributed by atoms with Gasteiger partial charge in [0.25, 0.3) is 0 Å². The first-order valence-electron chi connectivity index (χ1n) is 11.2. The smallest absolute Gasteiger partial charge is 0.188 e. The highest BCUT2D eigenvalue weighted by atomic mass is 16.7. The Kier molecular flexibility index (Phi) is 10.3. The van der Waals surface area contributed by atoms with Crippen LogP contribution in [-0.2, 0) is 14.2 Å². The van der Waals surface area contributed by atoms with Gasteiger partial charge in [-0.3, -0.25) is 0 Å². The summed E-state index contributed by atoms with van der Waals surface area (Å²) >= 11 is 0. The number of epoxide rings is 1. The molecule has 2 atom stereocenters. The first-order valence-corrected chi connectivity index (χ1v) is 9.20. The van der Waals surface area contributed by atoms with Crippen molar-refractivity contribution in [1.29, 1.82) is 0 Å². The summed E-state index contributed by atoms with van der Waals surface area (Å²) in [6.45, 7) is -3.12. The lowest BCUT2D eigenvalue weighted by Crippen LogP contribution is -2.16. The van der Waals surface area contributed by atoms with E-state index in [4.69, 9.17) is 29.2 Å². The molecular formula is C22H34N2O6. The molecule has 0 radical (unpaired) electrons. The van der Waals surface area contributed by atoms with Crippen molar-refractivity contribution in [3.05, 3.63) is 59.7 Å². The van der Waals surface area contributed by atoms with Crippen LogP contribution in [0.25, 0.3) is 0 Å². The van der Waals surface area contributed by atoms with Gasteiger partial charge in [-0.25, -0.2) is 0 Å². The molecule has 0 bridgehead atoms. The number of ether oxygens (including phenoxy) is 5. The fourth-order valence-electron chi connectivity index (χ4n) is 2.19. The molecule has 0 spiro atoms. The second kappa shape index (κ2) is 15.6. The van der Waals surface area contributed by atoms with E-state index in [0.29, 0.717) is 17.1 Å². The van der Waals surface area contributed by atoms with Gasteiger partial charge in [0.2, 0.25) is 0 Å². The summed E-state index contributed by atoms with van der Waals surface area (Å²) < 4.78 is 54.7. The van der Waals surface area contributed by atoms with E-state index < -0.39 is 25.3 Å². The van der Waals surface area contributed by atoms with Crippen molar-refractivity contribution in [1.82, 2.24) is 5.32 Å². The quantitative estimate of drug-likeness (QED) is 0.392. The SMILES string of the molecule is CN.[2H]C([2H])(NC)C(O)c1cccc(OCOC)c1.[2H]C1([2H])OC1c1cccc(OCOC)c1. The molecule has 0 saturated carbocycles. The van der Waals surface area contributed by atoms with Crippen LogP contribution in [0.2, 0.25) is 0 Å². The van der Waals surface area contributed by atoms with Crippen LogP contribution >= 0.6 is 0 Å². The van der Waals surface area contributed by atoms with Gasteiger partial charge in [0.05, 0.1) is 15.4 Å². The molecule has 0 aliphatic carbocycles. The average Bonchev–Trinajstić information content (AvgIpc) is 3.51. The van der Waals surface area contributed by atoms with E-state index in [2.05, 4.69) is 11.1 Å². The third kappa shape index (κ3) is 10.0. The largest absolute Gasteiger partial charge is 0.468 e. The van der Waals surface area contributed by atoms with Crippen LogP contribution in [0.1, 0.15) is 28.8 Å². The van der Waals surface area contributed by atoms with Crippen molar-refractivity contribution < 1.29 is 34.3 Å². The fraction of sp³-hybridized carbons (Fsp3) is 0.455. The Morgan fingerprint density at radius 1 is 1.13 bits per heavy atom. The Morgan fingerprint density at radius 3 is 2.23 bits per heavy atom. The molecule has 3 rings (SSSR count). The molecule has 4 N–H and O–H groups in total. The first-order chi connectivity index (χ1) is 16.1. The van der Waals surface area contributed by atoms with Gasteiger partial charge < -0.3 is 39.8 Å². The van der Waals surface area contributed by atoms with Crippen molar-refractivity contribution in [2.24, 2.45) is 5.73 Å². The predicted molar refractivity (Wildman–Crippen MR) is 116 cm³/mol. The van der Waals surface area contributed by atoms with Gasteiger partial charge in [-0.2, -0.15) is 0 Å². The third-order valence-corrected chi connectivity index (χ3v) is 3.54. The van der Waals surface area contributed by atoms with E-state index in [9.17, 15) is 5.11 Å². The van der Waals surface area contributed by atoms with E-state index in [1.807, 2.05) is 6.07 Å². The molecular weight excluding hydrogens is 388 g/mol. The summed E-state index contributed by atoms with van der Waals surface area (Å²) in [5.41, 5.74) is 5.73. The highest BCUT2D eigenvalue weighted by Gasteiger charge is 2.24. The van der Waals surface area contributed by atoms with Gasteiger partial charge in [0.15, 0.2) is 13.6 Å². The number of nitrogens with two attached hydrogens (primary N) is 1. The van der Waals surface area contributed by atoms with Crippen LogP contribution < -0.4 is 20.5 Å². The van der Waals surface area contributed by atoms with Crippen molar-refractivity contribution in [2.45, 2.75) is 12.2 Å². The van der Waals surface area contributed by atoms with E-state index >= 15 is 0 Å². The molecule has 1 heterocycles. The number of methoxy groups -OCH3 is 2. The summed E-state index contributed by atoms with van der Waals surface area (Å²) in [4.78, 5) is 0. The number of hydrogen-bond acceptors (Lipinski definition) is 8. The van der Waals surface area contributed by atoms with Crippen LogP contribution in [0.15, 0.2) is 48.5 Å². The van der Waals surface area contributed by atoms with Crippen LogP contribution in [0.3, 0.4) is 0 Å². The summed E-state index contributed by atoms with van der Waals surface area (Å²) in [5, 5.41) is 12.3. The molecule has 8 heteroatoms. The number of rotatable bonds is 10. The molecule has 1 saturated heterocycles. The maximum Gasteiger partial charge on any atom is 0.188 e. The lowest BCUT2D eigenvalue weighted by atomic mass is 10.1. The summed E-state index contributed by atoms with van der Waals surface area (Å²) in [5.74, 6) is 1.18. The minimum atomic E-state index is -1.89. The van der Waals surface area contributed by atoms with Gasteiger partial charge in [0.1, 0.15) is 17.6 Å². The molecule has 2 unspecified atom stereocenters. The van der Waals surface area contributed by atoms with Crippen LogP contribution in [-0.4, -0.2) is 60.1 Å². The minimum Gasteiger partial charge on any atom is -0.468 e. The zero-order valence-electron chi connectivity index (χ0n) is 21.8. The molecule has 1 fully saturated rings. The Hall–Kier alpha value is -2.20. The highest BCUT2D eigenvalue weighted by molar-refractivity contribution is 5.31. The molecule has 30 heavy (non-hydrogen) atoms. The zero-order chi connectivity index (χ0) is 25.8. The van der Waals surface area contributed by atoms with Gasteiger partial charge in [-0.15, -0.1) is 0 Å². The summed E-state index contributed by atoms with van der Waals surface area (Å²) in [6.07, 6.45) is -1.73. The van der Waals surface area contributed by atoms with Crippen LogP contribution in [0.5, 0.6) is 11.5 Å². The molecule has 168 valence electrons. The second-order valence-electron chi connectivity index (χ2n) is 5.66. The number of benzene rings is 2. The highest BCUT2D eigenvalue weighted by Crippen LogP contribution is 2.31. The van der Waals surface area contributed by atoms with Crippen LogP contribution in [0, 0.1) is 0 Å². The first kappa shape index (κ1) is 19.7. The van der Waals surface area contributed by atoms with Crippen molar-refractivity contribution >= 4 is 0 Å². The number of likely N-dealkylation sites (N-methyl/N-ethyl adjacent to an activating group) is 1. The Labute approximate surface area is 184 Å². The Morgan fingerprint density at radius 2 is 1.70 bits per heavy atom. The topological polar surface area (TPSA) is 108 Å².